The fourth-order valence-corrected chi connectivity index (χ4v) is 3.36. The van der Waals surface area contributed by atoms with E-state index in [1.165, 1.54) is 11.5 Å². The molecule has 2 aromatic heterocycles. The van der Waals surface area contributed by atoms with E-state index < -0.39 is 5.69 Å². The number of Topliss-reactive ketones (excluding diaryl/α,β-unsaturated/α-hetero) is 1. The van der Waals surface area contributed by atoms with Gasteiger partial charge >= 0.3 is 5.69 Å². The Morgan fingerprint density at radius 2 is 1.96 bits per heavy atom. The highest BCUT2D eigenvalue weighted by atomic mass is 35.5. The van der Waals surface area contributed by atoms with Crippen molar-refractivity contribution in [3.63, 3.8) is 0 Å². The van der Waals surface area contributed by atoms with E-state index in [-0.39, 0.29) is 24.0 Å². The third-order valence-electron chi connectivity index (χ3n) is 4.09. The summed E-state index contributed by atoms with van der Waals surface area (Å²) in [6.45, 7) is 1.44. The van der Waals surface area contributed by atoms with Gasteiger partial charge < -0.3 is 0 Å². The monoisotopic (exact) mass is 401 g/mol. The van der Waals surface area contributed by atoms with Crippen molar-refractivity contribution in [2.75, 3.05) is 0 Å². The van der Waals surface area contributed by atoms with Gasteiger partial charge in [-0.3, -0.25) is 9.79 Å². The van der Waals surface area contributed by atoms with Gasteiger partial charge in [-0.25, -0.2) is 19.0 Å². The molecule has 0 aliphatic carbocycles. The first-order valence-electron chi connectivity index (χ1n) is 8.10. The average Bonchev–Trinajstić information content (AvgIpc) is 2.83. The highest BCUT2D eigenvalue weighted by Crippen LogP contribution is 2.26. The van der Waals surface area contributed by atoms with E-state index in [1.807, 2.05) is 18.2 Å². The number of hydrogen-bond donors (Lipinski definition) is 0. The number of hydrogen-bond acceptors (Lipinski definition) is 5. The van der Waals surface area contributed by atoms with E-state index in [1.54, 1.807) is 18.2 Å². The van der Waals surface area contributed by atoms with E-state index in [0.29, 0.717) is 33.5 Å². The van der Waals surface area contributed by atoms with Crippen LogP contribution in [0.25, 0.3) is 5.69 Å². The Balaban J connectivity index is 1.98. The zero-order valence-electron chi connectivity index (χ0n) is 14.2. The molecule has 7 nitrogen and oxygen atoms in total. The van der Waals surface area contributed by atoms with Crippen LogP contribution in [0, 0.1) is 0 Å². The Bertz CT molecular complexity index is 1160. The molecule has 9 heteroatoms. The molecule has 0 saturated heterocycles. The summed E-state index contributed by atoms with van der Waals surface area (Å²) < 4.78 is 2.54. The number of carbonyl (C=O) groups is 1. The van der Waals surface area contributed by atoms with Crippen LogP contribution in [0.5, 0.6) is 0 Å². The summed E-state index contributed by atoms with van der Waals surface area (Å²) in [6.07, 6.45) is 0. The quantitative estimate of drug-likeness (QED) is 0.631. The van der Waals surface area contributed by atoms with Crippen LogP contribution in [0.15, 0.2) is 46.2 Å². The van der Waals surface area contributed by atoms with Crippen molar-refractivity contribution in [1.82, 2.24) is 19.3 Å². The molecule has 136 valence electrons. The Hall–Kier alpha value is -2.77. The van der Waals surface area contributed by atoms with E-state index >= 15 is 0 Å². The molecule has 1 aliphatic rings. The molecule has 0 atom stereocenters. The molecule has 0 radical (unpaired) electrons. The highest BCUT2D eigenvalue weighted by molar-refractivity contribution is 6.35. The van der Waals surface area contributed by atoms with Crippen molar-refractivity contribution in [1.29, 1.82) is 0 Å². The maximum absolute atomic E-state index is 12.8. The third-order valence-corrected chi connectivity index (χ3v) is 4.63. The van der Waals surface area contributed by atoms with Gasteiger partial charge in [-0.2, -0.15) is 5.10 Å². The SMILES string of the molecule is CC(=O)Cn1nc2n(c1=O)-c1ccc(Cl)nc1C(c1ccccc1Cl)=NC2. The molecule has 0 saturated carbocycles. The lowest BCUT2D eigenvalue weighted by Gasteiger charge is -2.11. The second-order valence-corrected chi connectivity index (χ2v) is 6.83. The Morgan fingerprint density at radius 1 is 1.19 bits per heavy atom. The second-order valence-electron chi connectivity index (χ2n) is 6.04. The molecule has 27 heavy (non-hydrogen) atoms. The third kappa shape index (κ3) is 3.09. The number of ketones is 1. The summed E-state index contributed by atoms with van der Waals surface area (Å²) >= 11 is 12.5. The summed E-state index contributed by atoms with van der Waals surface area (Å²) in [6, 6.07) is 10.5. The predicted octanol–water partition coefficient (Wildman–Crippen LogP) is 2.68. The fourth-order valence-electron chi connectivity index (χ4n) is 2.98. The maximum Gasteiger partial charge on any atom is 0.351 e. The van der Waals surface area contributed by atoms with Crippen LogP contribution in [0.1, 0.15) is 24.0 Å². The number of aromatic nitrogens is 4. The number of rotatable bonds is 3. The largest absolute Gasteiger partial charge is 0.351 e. The molecule has 0 fully saturated rings. The van der Waals surface area contributed by atoms with Crippen molar-refractivity contribution in [3.8, 4) is 5.69 Å². The number of pyridine rings is 1. The Labute approximate surface area is 163 Å². The number of nitrogens with zero attached hydrogens (tertiary/aromatic N) is 5. The molecular weight excluding hydrogens is 389 g/mol. The van der Waals surface area contributed by atoms with Crippen LogP contribution < -0.4 is 5.69 Å². The van der Waals surface area contributed by atoms with Gasteiger partial charge in [0.25, 0.3) is 0 Å². The first-order valence-corrected chi connectivity index (χ1v) is 8.86. The van der Waals surface area contributed by atoms with E-state index in [9.17, 15) is 9.59 Å². The first kappa shape index (κ1) is 17.6. The van der Waals surface area contributed by atoms with Crippen molar-refractivity contribution >= 4 is 34.7 Å². The molecule has 3 heterocycles. The maximum atomic E-state index is 12.8. The minimum Gasteiger partial charge on any atom is -0.298 e. The van der Waals surface area contributed by atoms with Crippen LogP contribution in [0.2, 0.25) is 10.2 Å². The van der Waals surface area contributed by atoms with Crippen LogP contribution in [-0.4, -0.2) is 30.8 Å². The molecule has 3 aromatic rings. The van der Waals surface area contributed by atoms with Crippen molar-refractivity contribution in [2.45, 2.75) is 20.0 Å². The summed E-state index contributed by atoms with van der Waals surface area (Å²) in [4.78, 5) is 33.3. The fraction of sp³-hybridized carbons (Fsp3) is 0.167. The van der Waals surface area contributed by atoms with Crippen molar-refractivity contribution < 1.29 is 4.79 Å². The zero-order chi connectivity index (χ0) is 19.1. The van der Waals surface area contributed by atoms with Crippen molar-refractivity contribution in [2.24, 2.45) is 4.99 Å². The summed E-state index contributed by atoms with van der Waals surface area (Å²) in [5, 5.41) is 5.04. The second kappa shape index (κ2) is 6.75. The summed E-state index contributed by atoms with van der Waals surface area (Å²) in [5.41, 5.74) is 1.71. The van der Waals surface area contributed by atoms with Gasteiger partial charge in [0, 0.05) is 5.56 Å². The van der Waals surface area contributed by atoms with Gasteiger partial charge in [0.15, 0.2) is 11.6 Å². The van der Waals surface area contributed by atoms with Gasteiger partial charge in [0.05, 0.1) is 16.4 Å². The smallest absolute Gasteiger partial charge is 0.298 e. The van der Waals surface area contributed by atoms with Crippen LogP contribution in [0.3, 0.4) is 0 Å². The number of halogens is 2. The van der Waals surface area contributed by atoms with E-state index in [2.05, 4.69) is 15.1 Å². The van der Waals surface area contributed by atoms with Crippen LogP contribution in [0.4, 0.5) is 0 Å². The van der Waals surface area contributed by atoms with Gasteiger partial charge in [-0.05, 0) is 25.1 Å². The van der Waals surface area contributed by atoms with Gasteiger partial charge in [-0.1, -0.05) is 41.4 Å². The van der Waals surface area contributed by atoms with Gasteiger partial charge in [0.1, 0.15) is 23.9 Å². The summed E-state index contributed by atoms with van der Waals surface area (Å²) in [5.74, 6) is 0.244. The lowest BCUT2D eigenvalue weighted by atomic mass is 10.1. The standard InChI is InChI=1S/C18H13Cl2N5O2/c1-10(26)9-24-18(27)25-13-6-7-14(20)22-17(13)16(21-8-15(25)23-24)11-4-2-3-5-12(11)19/h2-7H,8-9H2,1H3. The average molecular weight is 402 g/mol. The highest BCUT2D eigenvalue weighted by Gasteiger charge is 2.26. The minimum atomic E-state index is -0.429. The molecule has 1 aliphatic heterocycles. The van der Waals surface area contributed by atoms with Gasteiger partial charge in [-0.15, -0.1) is 0 Å². The number of fused-ring (bicyclic) bond motifs is 3. The minimum absolute atomic E-state index is 0.101. The number of carbonyl (C=O) groups excluding carboxylic acids is 1. The summed E-state index contributed by atoms with van der Waals surface area (Å²) in [7, 11) is 0. The topological polar surface area (TPSA) is 82.1 Å². The van der Waals surface area contributed by atoms with E-state index in [4.69, 9.17) is 23.2 Å². The van der Waals surface area contributed by atoms with Crippen molar-refractivity contribution in [3.05, 3.63) is 74.1 Å². The Kier molecular flexibility index (Phi) is 4.41. The predicted molar refractivity (Wildman–Crippen MR) is 102 cm³/mol. The first-order chi connectivity index (χ1) is 13.0. The molecule has 0 unspecified atom stereocenters. The number of benzene rings is 1. The molecule has 0 amide bonds. The van der Waals surface area contributed by atoms with Crippen LogP contribution in [-0.2, 0) is 17.9 Å². The zero-order valence-corrected chi connectivity index (χ0v) is 15.7. The molecule has 1 aromatic carbocycles. The molecule has 0 spiro atoms. The normalized spacial score (nSPS) is 12.8. The molecule has 0 N–H and O–H groups in total. The lowest BCUT2D eigenvalue weighted by Crippen LogP contribution is -2.27. The number of aliphatic imine (C=N–C) groups is 1. The Morgan fingerprint density at radius 3 is 2.70 bits per heavy atom. The molecule has 4 rings (SSSR count). The molecular formula is C18H13Cl2N5O2. The lowest BCUT2D eigenvalue weighted by molar-refractivity contribution is -0.117. The van der Waals surface area contributed by atoms with Crippen LogP contribution >= 0.6 is 23.2 Å². The van der Waals surface area contributed by atoms with Gasteiger partial charge in [0.2, 0.25) is 0 Å². The van der Waals surface area contributed by atoms with E-state index in [0.717, 1.165) is 4.68 Å². The molecule has 0 bridgehead atoms.